The van der Waals surface area contributed by atoms with Crippen LogP contribution in [0.4, 0.5) is 0 Å². The van der Waals surface area contributed by atoms with E-state index in [-0.39, 0.29) is 5.41 Å². The largest absolute Gasteiger partial charge is 0.193 e. The minimum atomic E-state index is 0.157. The molecule has 0 bridgehead atoms. The van der Waals surface area contributed by atoms with Gasteiger partial charge in [0.15, 0.2) is 5.65 Å². The second-order valence-electron chi connectivity index (χ2n) is 5.31. The van der Waals surface area contributed by atoms with E-state index in [1.807, 2.05) is 6.07 Å². The minimum absolute atomic E-state index is 0.157. The first kappa shape index (κ1) is 10.2. The SMILES string of the molecule is CC(C)(C)c1ccc2c(ccc3nnnn32)c1. The van der Waals surface area contributed by atoms with E-state index in [0.29, 0.717) is 0 Å². The van der Waals surface area contributed by atoms with Crippen LogP contribution in [0.15, 0.2) is 30.3 Å². The third-order valence-electron chi connectivity index (χ3n) is 3.03. The lowest BCUT2D eigenvalue weighted by Crippen LogP contribution is -2.10. The number of hydrogen-bond acceptors (Lipinski definition) is 3. The van der Waals surface area contributed by atoms with Crippen molar-refractivity contribution in [2.24, 2.45) is 0 Å². The Labute approximate surface area is 99.3 Å². The van der Waals surface area contributed by atoms with Gasteiger partial charge in [-0.3, -0.25) is 0 Å². The fraction of sp³-hybridized carbons (Fsp3) is 0.308. The Balaban J connectivity index is 2.34. The fourth-order valence-corrected chi connectivity index (χ4v) is 1.98. The highest BCUT2D eigenvalue weighted by molar-refractivity contribution is 5.82. The molecule has 0 N–H and O–H groups in total. The van der Waals surface area contributed by atoms with Gasteiger partial charge in [-0.1, -0.05) is 26.8 Å². The second kappa shape index (κ2) is 3.26. The summed E-state index contributed by atoms with van der Waals surface area (Å²) in [5, 5.41) is 12.8. The molecule has 4 heteroatoms. The molecule has 0 fully saturated rings. The van der Waals surface area contributed by atoms with Gasteiger partial charge in [-0.05, 0) is 45.7 Å². The van der Waals surface area contributed by atoms with E-state index >= 15 is 0 Å². The molecule has 0 radical (unpaired) electrons. The third kappa shape index (κ3) is 1.56. The molecule has 3 aromatic rings. The lowest BCUT2D eigenvalue weighted by molar-refractivity contribution is 0.591. The normalized spacial score (nSPS) is 12.4. The van der Waals surface area contributed by atoms with Crippen LogP contribution in [0.2, 0.25) is 0 Å². The number of pyridine rings is 1. The van der Waals surface area contributed by atoms with Gasteiger partial charge in [0.2, 0.25) is 0 Å². The van der Waals surface area contributed by atoms with Crippen molar-refractivity contribution in [2.75, 3.05) is 0 Å². The molecule has 0 aliphatic rings. The number of fused-ring (bicyclic) bond motifs is 3. The first-order chi connectivity index (χ1) is 8.05. The predicted octanol–water partition coefficient (Wildman–Crippen LogP) is 2.58. The molecule has 2 heterocycles. The Morgan fingerprint density at radius 1 is 1.06 bits per heavy atom. The van der Waals surface area contributed by atoms with Crippen molar-refractivity contribution in [3.8, 4) is 0 Å². The number of rotatable bonds is 0. The monoisotopic (exact) mass is 226 g/mol. The van der Waals surface area contributed by atoms with Crippen LogP contribution in [0, 0.1) is 0 Å². The lowest BCUT2D eigenvalue weighted by Gasteiger charge is -2.19. The third-order valence-corrected chi connectivity index (χ3v) is 3.03. The van der Waals surface area contributed by atoms with E-state index in [1.165, 1.54) is 5.56 Å². The Bertz CT molecular complexity index is 691. The molecule has 0 spiro atoms. The minimum Gasteiger partial charge on any atom is -0.193 e. The summed E-state index contributed by atoms with van der Waals surface area (Å²) in [6.45, 7) is 6.64. The quantitative estimate of drug-likeness (QED) is 0.591. The molecule has 0 saturated carbocycles. The lowest BCUT2D eigenvalue weighted by atomic mass is 9.86. The Morgan fingerprint density at radius 2 is 1.88 bits per heavy atom. The molecule has 0 amide bonds. The molecular weight excluding hydrogens is 212 g/mol. The van der Waals surface area contributed by atoms with Crippen molar-refractivity contribution in [2.45, 2.75) is 26.2 Å². The van der Waals surface area contributed by atoms with Crippen LogP contribution >= 0.6 is 0 Å². The summed E-state index contributed by atoms with van der Waals surface area (Å²) in [5.74, 6) is 0. The van der Waals surface area contributed by atoms with Crippen LogP contribution in [0.5, 0.6) is 0 Å². The predicted molar refractivity (Wildman–Crippen MR) is 67.0 cm³/mol. The van der Waals surface area contributed by atoms with E-state index < -0.39 is 0 Å². The molecule has 86 valence electrons. The molecule has 2 aromatic heterocycles. The molecule has 17 heavy (non-hydrogen) atoms. The highest BCUT2D eigenvalue weighted by atomic mass is 15.5. The molecule has 0 atom stereocenters. The number of hydrogen-bond donors (Lipinski definition) is 0. The van der Waals surface area contributed by atoms with E-state index in [9.17, 15) is 0 Å². The summed E-state index contributed by atoms with van der Waals surface area (Å²) in [7, 11) is 0. The zero-order chi connectivity index (χ0) is 12.0. The first-order valence-electron chi connectivity index (χ1n) is 5.67. The van der Waals surface area contributed by atoms with Gasteiger partial charge >= 0.3 is 0 Å². The first-order valence-corrected chi connectivity index (χ1v) is 5.67. The number of benzene rings is 1. The van der Waals surface area contributed by atoms with Crippen molar-refractivity contribution in [3.05, 3.63) is 35.9 Å². The molecule has 0 aliphatic heterocycles. The topological polar surface area (TPSA) is 43.1 Å². The van der Waals surface area contributed by atoms with Gasteiger partial charge in [0.05, 0.1) is 5.52 Å². The molecule has 0 saturated heterocycles. The summed E-state index contributed by atoms with van der Waals surface area (Å²) in [6, 6.07) is 10.4. The molecule has 1 aromatic carbocycles. The summed E-state index contributed by atoms with van der Waals surface area (Å²) < 4.78 is 1.77. The molecule has 4 nitrogen and oxygen atoms in total. The highest BCUT2D eigenvalue weighted by Gasteiger charge is 2.14. The van der Waals surface area contributed by atoms with E-state index in [4.69, 9.17) is 0 Å². The van der Waals surface area contributed by atoms with Crippen LogP contribution < -0.4 is 0 Å². The Kier molecular flexibility index (Phi) is 1.96. The molecule has 0 aliphatic carbocycles. The van der Waals surface area contributed by atoms with Crippen molar-refractivity contribution in [3.63, 3.8) is 0 Å². The zero-order valence-electron chi connectivity index (χ0n) is 10.2. The summed E-state index contributed by atoms with van der Waals surface area (Å²) >= 11 is 0. The van der Waals surface area contributed by atoms with Crippen molar-refractivity contribution in [1.82, 2.24) is 20.0 Å². The van der Waals surface area contributed by atoms with Crippen LogP contribution in [0.1, 0.15) is 26.3 Å². The molecular formula is C13H14N4. The number of aromatic nitrogens is 4. The standard InChI is InChI=1S/C13H14N4/c1-13(2,3)10-5-6-11-9(8-10)4-7-12-14-15-16-17(11)12/h4-8H,1-3H3. The molecule has 0 unspecified atom stereocenters. The number of tetrazole rings is 1. The highest BCUT2D eigenvalue weighted by Crippen LogP contribution is 2.26. The van der Waals surface area contributed by atoms with Crippen LogP contribution in [0.25, 0.3) is 16.6 Å². The summed E-state index contributed by atoms with van der Waals surface area (Å²) in [5.41, 5.74) is 3.29. The maximum Gasteiger partial charge on any atom is 0.179 e. The molecule has 3 rings (SSSR count). The average molecular weight is 226 g/mol. The Hall–Kier alpha value is -1.97. The zero-order valence-corrected chi connectivity index (χ0v) is 10.2. The van der Waals surface area contributed by atoms with E-state index in [1.54, 1.807) is 4.52 Å². The average Bonchev–Trinajstić information content (AvgIpc) is 2.75. The number of nitrogens with zero attached hydrogens (tertiary/aromatic N) is 4. The van der Waals surface area contributed by atoms with E-state index in [2.05, 4.69) is 60.6 Å². The van der Waals surface area contributed by atoms with Crippen molar-refractivity contribution >= 4 is 16.6 Å². The van der Waals surface area contributed by atoms with Gasteiger partial charge in [-0.25, -0.2) is 0 Å². The van der Waals surface area contributed by atoms with Gasteiger partial charge in [0.25, 0.3) is 0 Å². The van der Waals surface area contributed by atoms with Gasteiger partial charge < -0.3 is 0 Å². The van der Waals surface area contributed by atoms with Gasteiger partial charge in [0.1, 0.15) is 0 Å². The second-order valence-corrected chi connectivity index (χ2v) is 5.31. The van der Waals surface area contributed by atoms with Gasteiger partial charge in [-0.15, -0.1) is 5.10 Å². The van der Waals surface area contributed by atoms with E-state index in [0.717, 1.165) is 16.6 Å². The summed E-state index contributed by atoms with van der Waals surface area (Å²) in [6.07, 6.45) is 0. The maximum atomic E-state index is 3.99. The van der Waals surface area contributed by atoms with Crippen molar-refractivity contribution < 1.29 is 0 Å². The van der Waals surface area contributed by atoms with Crippen LogP contribution in [-0.4, -0.2) is 20.0 Å². The summed E-state index contributed by atoms with van der Waals surface area (Å²) in [4.78, 5) is 0. The maximum absolute atomic E-state index is 3.99. The van der Waals surface area contributed by atoms with Crippen molar-refractivity contribution in [1.29, 1.82) is 0 Å². The van der Waals surface area contributed by atoms with Crippen LogP contribution in [0.3, 0.4) is 0 Å². The smallest absolute Gasteiger partial charge is 0.179 e. The van der Waals surface area contributed by atoms with Crippen LogP contribution in [-0.2, 0) is 5.41 Å². The Morgan fingerprint density at radius 3 is 2.65 bits per heavy atom. The fourth-order valence-electron chi connectivity index (χ4n) is 1.98. The van der Waals surface area contributed by atoms with Gasteiger partial charge in [-0.2, -0.15) is 4.52 Å². The van der Waals surface area contributed by atoms with Gasteiger partial charge in [0, 0.05) is 5.39 Å².